The molecule has 2 aromatic carbocycles. The van der Waals surface area contributed by atoms with E-state index in [9.17, 15) is 14.4 Å². The van der Waals surface area contributed by atoms with Crippen molar-refractivity contribution in [3.63, 3.8) is 0 Å². The molecule has 34 heavy (non-hydrogen) atoms. The lowest BCUT2D eigenvalue weighted by molar-refractivity contribution is -0.132. The van der Waals surface area contributed by atoms with Crippen LogP contribution in [0.5, 0.6) is 5.75 Å². The van der Waals surface area contributed by atoms with Gasteiger partial charge in [0.2, 0.25) is 0 Å². The van der Waals surface area contributed by atoms with Crippen molar-refractivity contribution in [2.75, 3.05) is 0 Å². The number of imide groups is 1. The number of carbonyl (C=O) groups is 3. The minimum absolute atomic E-state index is 0.235. The number of hydrazine groups is 1. The molecule has 9 heteroatoms. The van der Waals surface area contributed by atoms with Crippen molar-refractivity contribution in [2.24, 2.45) is 0 Å². The summed E-state index contributed by atoms with van der Waals surface area (Å²) in [6.07, 6.45) is 1.01. The summed E-state index contributed by atoms with van der Waals surface area (Å²) >= 11 is 0. The van der Waals surface area contributed by atoms with Crippen LogP contribution in [0, 0.1) is 13.8 Å². The summed E-state index contributed by atoms with van der Waals surface area (Å²) in [6, 6.07) is 15.5. The third-order valence-corrected chi connectivity index (χ3v) is 5.89. The lowest BCUT2D eigenvalue weighted by atomic mass is 9.93. The molecule has 1 aliphatic heterocycles. The fourth-order valence-electron chi connectivity index (χ4n) is 3.75. The molecule has 3 aromatic rings. The van der Waals surface area contributed by atoms with Crippen LogP contribution < -0.4 is 15.5 Å². The van der Waals surface area contributed by atoms with Crippen LogP contribution >= 0.6 is 0 Å². The normalized spacial score (nSPS) is 17.6. The largest absolute Gasteiger partial charge is 0.489 e. The zero-order valence-electron chi connectivity index (χ0n) is 19.3. The van der Waals surface area contributed by atoms with Gasteiger partial charge in [0.1, 0.15) is 23.7 Å². The first kappa shape index (κ1) is 23.0. The van der Waals surface area contributed by atoms with Crippen LogP contribution in [0.4, 0.5) is 4.79 Å². The lowest BCUT2D eigenvalue weighted by Gasteiger charge is -2.21. The molecule has 0 unspecified atom stereocenters. The van der Waals surface area contributed by atoms with Crippen LogP contribution in [-0.4, -0.2) is 33.5 Å². The molecule has 0 radical (unpaired) electrons. The topological polar surface area (TPSA) is 114 Å². The number of ether oxygens (including phenoxy) is 1. The Bertz CT molecular complexity index is 1200. The maximum Gasteiger partial charge on any atom is 0.344 e. The summed E-state index contributed by atoms with van der Waals surface area (Å²) in [5, 5.41) is 7.33. The molecule has 1 atom stereocenters. The number of amides is 4. The Kier molecular flexibility index (Phi) is 6.36. The average molecular weight is 463 g/mol. The van der Waals surface area contributed by atoms with Gasteiger partial charge >= 0.3 is 6.03 Å². The SMILES string of the molecule is Cc1noc(C)c1COc1cccc(C(=O)NN2C(=O)N[C@@](C)(CCc3ccccc3)C2=O)c1. The third kappa shape index (κ3) is 4.78. The van der Waals surface area contributed by atoms with Crippen molar-refractivity contribution in [1.82, 2.24) is 20.9 Å². The van der Waals surface area contributed by atoms with Gasteiger partial charge in [0.25, 0.3) is 11.8 Å². The highest BCUT2D eigenvalue weighted by Crippen LogP contribution is 2.23. The zero-order valence-corrected chi connectivity index (χ0v) is 19.3. The molecule has 0 bridgehead atoms. The third-order valence-electron chi connectivity index (χ3n) is 5.89. The first-order valence-corrected chi connectivity index (χ1v) is 10.9. The monoisotopic (exact) mass is 462 g/mol. The Morgan fingerprint density at radius 2 is 1.91 bits per heavy atom. The van der Waals surface area contributed by atoms with Gasteiger partial charge in [-0.1, -0.05) is 41.6 Å². The molecule has 4 amide bonds. The van der Waals surface area contributed by atoms with E-state index in [1.54, 1.807) is 38.1 Å². The number of carbonyl (C=O) groups excluding carboxylic acids is 3. The number of hydrogen-bond acceptors (Lipinski definition) is 6. The maximum atomic E-state index is 13.0. The Balaban J connectivity index is 1.39. The highest BCUT2D eigenvalue weighted by Gasteiger charge is 2.48. The Hall–Kier alpha value is -4.14. The fourth-order valence-corrected chi connectivity index (χ4v) is 3.75. The number of hydrogen-bond donors (Lipinski definition) is 2. The molecule has 1 aromatic heterocycles. The van der Waals surface area contributed by atoms with Crippen LogP contribution in [0.1, 0.15) is 46.3 Å². The number of urea groups is 1. The van der Waals surface area contributed by atoms with E-state index >= 15 is 0 Å². The van der Waals surface area contributed by atoms with E-state index in [2.05, 4.69) is 15.9 Å². The van der Waals surface area contributed by atoms with E-state index in [1.807, 2.05) is 37.3 Å². The van der Waals surface area contributed by atoms with Crippen molar-refractivity contribution in [1.29, 1.82) is 0 Å². The molecular weight excluding hydrogens is 436 g/mol. The second kappa shape index (κ2) is 9.38. The lowest BCUT2D eigenvalue weighted by Crippen LogP contribution is -2.48. The number of nitrogens with one attached hydrogen (secondary N) is 2. The molecule has 1 fully saturated rings. The van der Waals surface area contributed by atoms with E-state index in [0.29, 0.717) is 24.4 Å². The van der Waals surface area contributed by atoms with Gasteiger partial charge in [0.05, 0.1) is 11.3 Å². The molecule has 1 aliphatic rings. The summed E-state index contributed by atoms with van der Waals surface area (Å²) in [6.45, 7) is 5.52. The van der Waals surface area contributed by atoms with Gasteiger partial charge in [-0.2, -0.15) is 5.01 Å². The minimum atomic E-state index is -1.11. The second-order valence-corrected chi connectivity index (χ2v) is 8.45. The number of aryl methyl sites for hydroxylation is 3. The van der Waals surface area contributed by atoms with Crippen molar-refractivity contribution in [2.45, 2.75) is 45.8 Å². The van der Waals surface area contributed by atoms with Gasteiger partial charge in [-0.3, -0.25) is 15.0 Å². The number of benzene rings is 2. The molecule has 9 nitrogen and oxygen atoms in total. The Morgan fingerprint density at radius 3 is 2.62 bits per heavy atom. The molecule has 4 rings (SSSR count). The van der Waals surface area contributed by atoms with Crippen LogP contribution in [-0.2, 0) is 17.8 Å². The summed E-state index contributed by atoms with van der Waals surface area (Å²) in [5.74, 6) is 0.0176. The Morgan fingerprint density at radius 1 is 1.15 bits per heavy atom. The molecule has 0 aliphatic carbocycles. The first-order valence-electron chi connectivity index (χ1n) is 10.9. The van der Waals surface area contributed by atoms with E-state index in [4.69, 9.17) is 9.26 Å². The summed E-state index contributed by atoms with van der Waals surface area (Å²) in [4.78, 5) is 38.3. The van der Waals surface area contributed by atoms with E-state index in [0.717, 1.165) is 21.8 Å². The van der Waals surface area contributed by atoms with E-state index < -0.39 is 23.4 Å². The van der Waals surface area contributed by atoms with Crippen LogP contribution in [0.15, 0.2) is 59.1 Å². The van der Waals surface area contributed by atoms with E-state index in [1.165, 1.54) is 0 Å². The van der Waals surface area contributed by atoms with Crippen LogP contribution in [0.2, 0.25) is 0 Å². The zero-order chi connectivity index (χ0) is 24.3. The molecule has 1 saturated heterocycles. The quantitative estimate of drug-likeness (QED) is 0.496. The van der Waals surface area contributed by atoms with Gasteiger partial charge in [0, 0.05) is 5.56 Å². The predicted octanol–water partition coefficient (Wildman–Crippen LogP) is 3.46. The molecular formula is C25H26N4O5. The fraction of sp³-hybridized carbons (Fsp3) is 0.280. The molecule has 2 heterocycles. The van der Waals surface area contributed by atoms with Gasteiger partial charge in [-0.25, -0.2) is 4.79 Å². The van der Waals surface area contributed by atoms with Gasteiger partial charge in [-0.15, -0.1) is 0 Å². The first-order chi connectivity index (χ1) is 16.3. The molecule has 176 valence electrons. The Labute approximate surface area is 197 Å². The highest BCUT2D eigenvalue weighted by molar-refractivity contribution is 6.09. The van der Waals surface area contributed by atoms with Crippen molar-refractivity contribution in [3.8, 4) is 5.75 Å². The average Bonchev–Trinajstić information content (AvgIpc) is 3.27. The number of rotatable bonds is 8. The van der Waals surface area contributed by atoms with Crippen LogP contribution in [0.3, 0.4) is 0 Å². The summed E-state index contributed by atoms with van der Waals surface area (Å²) in [7, 11) is 0. The van der Waals surface area contributed by atoms with Gasteiger partial charge in [-0.05, 0) is 57.4 Å². The predicted molar refractivity (Wildman–Crippen MR) is 123 cm³/mol. The van der Waals surface area contributed by atoms with Gasteiger partial charge < -0.3 is 14.6 Å². The number of nitrogens with zero attached hydrogens (tertiary/aromatic N) is 2. The van der Waals surface area contributed by atoms with Crippen molar-refractivity contribution >= 4 is 17.8 Å². The van der Waals surface area contributed by atoms with Crippen molar-refractivity contribution < 1.29 is 23.6 Å². The summed E-state index contributed by atoms with van der Waals surface area (Å²) in [5.41, 5.74) is 4.18. The highest BCUT2D eigenvalue weighted by atomic mass is 16.5. The van der Waals surface area contributed by atoms with Crippen LogP contribution in [0.25, 0.3) is 0 Å². The van der Waals surface area contributed by atoms with Crippen molar-refractivity contribution in [3.05, 3.63) is 82.7 Å². The maximum absolute atomic E-state index is 13.0. The standard InChI is InChI=1S/C25H26N4O5/c1-16-21(17(2)34-28-16)15-33-20-11-7-10-19(14-20)22(30)27-29-23(31)25(3,26-24(29)32)13-12-18-8-5-4-6-9-18/h4-11,14H,12-13,15H2,1-3H3,(H,26,32)(H,27,30)/t25-/m0/s1. The summed E-state index contributed by atoms with van der Waals surface area (Å²) < 4.78 is 10.9. The number of aromatic nitrogens is 1. The van der Waals surface area contributed by atoms with Gasteiger partial charge in [0.15, 0.2) is 0 Å². The molecule has 2 N–H and O–H groups in total. The molecule has 0 saturated carbocycles. The molecule has 0 spiro atoms. The minimum Gasteiger partial charge on any atom is -0.489 e. The smallest absolute Gasteiger partial charge is 0.344 e. The van der Waals surface area contributed by atoms with E-state index in [-0.39, 0.29) is 12.2 Å². The second-order valence-electron chi connectivity index (χ2n) is 8.45.